The molecule has 3 rings (SSSR count). The van der Waals surface area contributed by atoms with Crippen molar-refractivity contribution in [3.8, 4) is 0 Å². The fourth-order valence-corrected chi connectivity index (χ4v) is 3.07. The van der Waals surface area contributed by atoms with Crippen molar-refractivity contribution in [1.29, 1.82) is 0 Å². The molecule has 7 heteroatoms. The Morgan fingerprint density at radius 1 is 0.963 bits per heavy atom. The van der Waals surface area contributed by atoms with E-state index >= 15 is 0 Å². The van der Waals surface area contributed by atoms with E-state index in [0.717, 1.165) is 12.1 Å². The summed E-state index contributed by atoms with van der Waals surface area (Å²) in [6, 6.07) is 12.9. The van der Waals surface area contributed by atoms with E-state index in [1.54, 1.807) is 43.3 Å². The second-order valence-electron chi connectivity index (χ2n) is 5.88. The van der Waals surface area contributed by atoms with Gasteiger partial charge in [0.15, 0.2) is 11.6 Å². The smallest absolute Gasteiger partial charge is 0.265 e. The van der Waals surface area contributed by atoms with Gasteiger partial charge < -0.3 is 10.6 Å². The molecule has 1 heterocycles. The third kappa shape index (κ3) is 4.57. The lowest BCUT2D eigenvalue weighted by Gasteiger charge is -2.15. The SMILES string of the molecule is CC(NC(=O)c1ccc(NC(=O)c2cccs2)cc1)c1ccc(F)c(F)c1. The molecule has 27 heavy (non-hydrogen) atoms. The average Bonchev–Trinajstić information content (AvgIpc) is 3.19. The maximum absolute atomic E-state index is 13.3. The molecule has 1 unspecified atom stereocenters. The van der Waals surface area contributed by atoms with E-state index < -0.39 is 17.7 Å². The minimum atomic E-state index is -0.959. The zero-order valence-corrected chi connectivity index (χ0v) is 15.1. The first-order valence-corrected chi connectivity index (χ1v) is 9.03. The van der Waals surface area contributed by atoms with Gasteiger partial charge in [0.25, 0.3) is 11.8 Å². The van der Waals surface area contributed by atoms with E-state index in [2.05, 4.69) is 10.6 Å². The van der Waals surface area contributed by atoms with Gasteiger partial charge in [0.1, 0.15) is 0 Å². The first-order valence-electron chi connectivity index (χ1n) is 8.15. The lowest BCUT2D eigenvalue weighted by Crippen LogP contribution is -2.26. The predicted molar refractivity (Wildman–Crippen MR) is 101 cm³/mol. The highest BCUT2D eigenvalue weighted by atomic mass is 32.1. The molecule has 0 fully saturated rings. The normalized spacial score (nSPS) is 11.7. The number of carbonyl (C=O) groups is 2. The summed E-state index contributed by atoms with van der Waals surface area (Å²) in [5.41, 5.74) is 1.42. The minimum absolute atomic E-state index is 0.214. The standard InChI is InChI=1S/C20H16F2N2O2S/c1-12(14-6-9-16(21)17(22)11-14)23-19(25)13-4-7-15(8-5-13)24-20(26)18-3-2-10-27-18/h2-12H,1H3,(H,23,25)(H,24,26). The van der Waals surface area contributed by atoms with Gasteiger partial charge in [0, 0.05) is 11.3 Å². The van der Waals surface area contributed by atoms with Gasteiger partial charge in [-0.25, -0.2) is 8.78 Å². The Bertz CT molecular complexity index is 957. The van der Waals surface area contributed by atoms with E-state index in [4.69, 9.17) is 0 Å². The summed E-state index contributed by atoms with van der Waals surface area (Å²) in [4.78, 5) is 24.9. The van der Waals surface area contributed by atoms with Crippen LogP contribution in [-0.4, -0.2) is 11.8 Å². The van der Waals surface area contributed by atoms with Crippen LogP contribution in [0.5, 0.6) is 0 Å². The molecule has 1 aromatic heterocycles. The molecule has 2 aromatic carbocycles. The molecule has 0 saturated carbocycles. The Morgan fingerprint density at radius 2 is 1.70 bits per heavy atom. The predicted octanol–water partition coefficient (Wildman–Crippen LogP) is 4.77. The number of benzene rings is 2. The van der Waals surface area contributed by atoms with Gasteiger partial charge in [-0.3, -0.25) is 9.59 Å². The van der Waals surface area contributed by atoms with Gasteiger partial charge in [-0.05, 0) is 60.3 Å². The highest BCUT2D eigenvalue weighted by Crippen LogP contribution is 2.18. The van der Waals surface area contributed by atoms with Crippen molar-refractivity contribution in [3.05, 3.63) is 87.6 Å². The van der Waals surface area contributed by atoms with Crippen molar-refractivity contribution < 1.29 is 18.4 Å². The topological polar surface area (TPSA) is 58.2 Å². The van der Waals surface area contributed by atoms with Crippen molar-refractivity contribution in [1.82, 2.24) is 5.32 Å². The summed E-state index contributed by atoms with van der Waals surface area (Å²) in [7, 11) is 0. The summed E-state index contributed by atoms with van der Waals surface area (Å²) >= 11 is 1.34. The molecule has 0 bridgehead atoms. The fourth-order valence-electron chi connectivity index (χ4n) is 2.45. The third-order valence-electron chi connectivity index (χ3n) is 3.94. The van der Waals surface area contributed by atoms with Crippen LogP contribution in [0.15, 0.2) is 60.0 Å². The zero-order valence-electron chi connectivity index (χ0n) is 14.3. The molecule has 0 aliphatic heterocycles. The van der Waals surface area contributed by atoms with Gasteiger partial charge in [-0.15, -0.1) is 11.3 Å². The Morgan fingerprint density at radius 3 is 2.33 bits per heavy atom. The van der Waals surface area contributed by atoms with Crippen molar-refractivity contribution in [2.75, 3.05) is 5.32 Å². The fraction of sp³-hybridized carbons (Fsp3) is 0.100. The molecule has 0 radical (unpaired) electrons. The number of nitrogens with one attached hydrogen (secondary N) is 2. The van der Waals surface area contributed by atoms with Crippen LogP contribution >= 0.6 is 11.3 Å². The number of halogens is 2. The molecule has 0 spiro atoms. The lowest BCUT2D eigenvalue weighted by atomic mass is 10.1. The van der Waals surface area contributed by atoms with E-state index in [1.165, 1.54) is 17.4 Å². The molecule has 4 nitrogen and oxygen atoms in total. The average molecular weight is 386 g/mol. The number of hydrogen-bond donors (Lipinski definition) is 2. The first-order chi connectivity index (χ1) is 12.9. The van der Waals surface area contributed by atoms with Crippen LogP contribution < -0.4 is 10.6 Å². The van der Waals surface area contributed by atoms with E-state index in [1.807, 2.05) is 5.38 Å². The van der Waals surface area contributed by atoms with Crippen LogP contribution in [0.25, 0.3) is 0 Å². The number of hydrogen-bond acceptors (Lipinski definition) is 3. The molecule has 2 N–H and O–H groups in total. The Balaban J connectivity index is 1.63. The summed E-state index contributed by atoms with van der Waals surface area (Å²) < 4.78 is 26.3. The molecule has 0 aliphatic carbocycles. The molecular weight excluding hydrogens is 370 g/mol. The largest absolute Gasteiger partial charge is 0.346 e. The van der Waals surface area contributed by atoms with Crippen LogP contribution in [-0.2, 0) is 0 Å². The second-order valence-corrected chi connectivity index (χ2v) is 6.83. The molecular formula is C20H16F2N2O2S. The number of thiophene rings is 1. The summed E-state index contributed by atoms with van der Waals surface area (Å²) in [5, 5.41) is 7.30. The highest BCUT2D eigenvalue weighted by Gasteiger charge is 2.14. The summed E-state index contributed by atoms with van der Waals surface area (Å²) in [5.74, 6) is -2.46. The number of rotatable bonds is 5. The zero-order chi connectivity index (χ0) is 19.4. The van der Waals surface area contributed by atoms with Crippen LogP contribution in [0.3, 0.4) is 0 Å². The van der Waals surface area contributed by atoms with Gasteiger partial charge >= 0.3 is 0 Å². The monoisotopic (exact) mass is 386 g/mol. The van der Waals surface area contributed by atoms with Crippen LogP contribution in [0.2, 0.25) is 0 Å². The van der Waals surface area contributed by atoms with Crippen molar-refractivity contribution >= 4 is 28.8 Å². The maximum Gasteiger partial charge on any atom is 0.265 e. The molecule has 0 saturated heterocycles. The molecule has 1 atom stereocenters. The Labute approximate surface area is 158 Å². The highest BCUT2D eigenvalue weighted by molar-refractivity contribution is 7.12. The number of amides is 2. The van der Waals surface area contributed by atoms with Crippen LogP contribution in [0.4, 0.5) is 14.5 Å². The maximum atomic E-state index is 13.3. The van der Waals surface area contributed by atoms with Gasteiger partial charge in [-0.1, -0.05) is 12.1 Å². The van der Waals surface area contributed by atoms with Crippen LogP contribution in [0, 0.1) is 11.6 Å². The van der Waals surface area contributed by atoms with Crippen molar-refractivity contribution in [2.24, 2.45) is 0 Å². The van der Waals surface area contributed by atoms with Gasteiger partial charge in [0.2, 0.25) is 0 Å². The number of carbonyl (C=O) groups excluding carboxylic acids is 2. The first kappa shape index (κ1) is 18.7. The summed E-state index contributed by atoms with van der Waals surface area (Å²) in [6.45, 7) is 1.68. The van der Waals surface area contributed by atoms with E-state index in [9.17, 15) is 18.4 Å². The second kappa shape index (κ2) is 8.09. The molecule has 3 aromatic rings. The molecule has 2 amide bonds. The van der Waals surface area contributed by atoms with Crippen LogP contribution in [0.1, 0.15) is 38.6 Å². The quantitative estimate of drug-likeness (QED) is 0.664. The van der Waals surface area contributed by atoms with E-state index in [-0.39, 0.29) is 11.8 Å². The van der Waals surface area contributed by atoms with Crippen molar-refractivity contribution in [3.63, 3.8) is 0 Å². The Hall–Kier alpha value is -3.06. The Kier molecular flexibility index (Phi) is 5.61. The van der Waals surface area contributed by atoms with Gasteiger partial charge in [0.05, 0.1) is 10.9 Å². The lowest BCUT2D eigenvalue weighted by molar-refractivity contribution is 0.0939. The summed E-state index contributed by atoms with van der Waals surface area (Å²) in [6.07, 6.45) is 0. The minimum Gasteiger partial charge on any atom is -0.346 e. The molecule has 138 valence electrons. The van der Waals surface area contributed by atoms with Gasteiger partial charge in [-0.2, -0.15) is 0 Å². The number of anilines is 1. The third-order valence-corrected chi connectivity index (χ3v) is 4.81. The van der Waals surface area contributed by atoms with Crippen molar-refractivity contribution in [2.45, 2.75) is 13.0 Å². The van der Waals surface area contributed by atoms with E-state index in [0.29, 0.717) is 21.7 Å². The molecule has 0 aliphatic rings.